The van der Waals surface area contributed by atoms with Gasteiger partial charge in [0.15, 0.2) is 0 Å². The molecule has 0 atom stereocenters. The number of carbonyl (C=O) groups excluding carboxylic acids is 1. The second-order valence-electron chi connectivity index (χ2n) is 5.52. The third-order valence-electron chi connectivity index (χ3n) is 3.74. The molecule has 0 saturated carbocycles. The first kappa shape index (κ1) is 17.5. The molecule has 0 spiro atoms. The summed E-state index contributed by atoms with van der Waals surface area (Å²) in [6.07, 6.45) is 1.57. The lowest BCUT2D eigenvalue weighted by Crippen LogP contribution is -2.17. The third kappa shape index (κ3) is 4.00. The quantitative estimate of drug-likeness (QED) is 0.699. The summed E-state index contributed by atoms with van der Waals surface area (Å²) < 4.78 is 15.0. The van der Waals surface area contributed by atoms with Crippen LogP contribution in [-0.4, -0.2) is 15.7 Å². The van der Waals surface area contributed by atoms with E-state index in [2.05, 4.69) is 10.4 Å². The van der Waals surface area contributed by atoms with Gasteiger partial charge in [0.2, 0.25) is 0 Å². The standard InChI is InChI=1S/C18H14Cl2FN3O/c1-11-2-5-14(21)9-15(11)18(25)23-17-6-7-22-24(17)10-12-3-4-13(19)8-16(12)20/h2-9H,10H2,1H3,(H,23,25). The fourth-order valence-electron chi connectivity index (χ4n) is 2.40. The molecule has 7 heteroatoms. The molecule has 1 aromatic heterocycles. The summed E-state index contributed by atoms with van der Waals surface area (Å²) in [4.78, 5) is 12.4. The van der Waals surface area contributed by atoms with Crippen molar-refractivity contribution in [2.24, 2.45) is 0 Å². The number of aryl methyl sites for hydroxylation is 1. The summed E-state index contributed by atoms with van der Waals surface area (Å²) >= 11 is 12.1. The minimum Gasteiger partial charge on any atom is -0.307 e. The summed E-state index contributed by atoms with van der Waals surface area (Å²) in [5.41, 5.74) is 1.77. The predicted octanol–water partition coefficient (Wildman–Crippen LogP) is 4.94. The van der Waals surface area contributed by atoms with Crippen LogP contribution in [0.4, 0.5) is 10.2 Å². The van der Waals surface area contributed by atoms with Crippen molar-refractivity contribution in [1.82, 2.24) is 9.78 Å². The number of halogens is 3. The SMILES string of the molecule is Cc1ccc(F)cc1C(=O)Nc1ccnn1Cc1ccc(Cl)cc1Cl. The topological polar surface area (TPSA) is 46.9 Å². The van der Waals surface area contributed by atoms with Crippen LogP contribution in [0, 0.1) is 12.7 Å². The highest BCUT2D eigenvalue weighted by Crippen LogP contribution is 2.23. The van der Waals surface area contributed by atoms with Crippen molar-refractivity contribution in [3.63, 3.8) is 0 Å². The van der Waals surface area contributed by atoms with Gasteiger partial charge >= 0.3 is 0 Å². The van der Waals surface area contributed by atoms with Crippen LogP contribution in [0.1, 0.15) is 21.5 Å². The molecule has 0 unspecified atom stereocenters. The summed E-state index contributed by atoms with van der Waals surface area (Å²) in [5, 5.41) is 8.01. The van der Waals surface area contributed by atoms with E-state index < -0.39 is 11.7 Å². The van der Waals surface area contributed by atoms with Crippen molar-refractivity contribution < 1.29 is 9.18 Å². The van der Waals surface area contributed by atoms with Crippen molar-refractivity contribution in [2.45, 2.75) is 13.5 Å². The van der Waals surface area contributed by atoms with E-state index in [0.717, 1.165) is 5.56 Å². The number of nitrogens with one attached hydrogen (secondary N) is 1. The minimum absolute atomic E-state index is 0.275. The van der Waals surface area contributed by atoms with E-state index >= 15 is 0 Å². The normalized spacial score (nSPS) is 10.7. The number of aromatic nitrogens is 2. The van der Waals surface area contributed by atoms with Gasteiger partial charge in [-0.1, -0.05) is 35.3 Å². The van der Waals surface area contributed by atoms with Gasteiger partial charge in [-0.15, -0.1) is 0 Å². The van der Waals surface area contributed by atoms with Crippen LogP contribution in [-0.2, 0) is 6.54 Å². The smallest absolute Gasteiger partial charge is 0.257 e. The monoisotopic (exact) mass is 377 g/mol. The highest BCUT2D eigenvalue weighted by atomic mass is 35.5. The number of carbonyl (C=O) groups is 1. The second kappa shape index (κ2) is 7.25. The maximum Gasteiger partial charge on any atom is 0.257 e. The molecule has 0 radical (unpaired) electrons. The van der Waals surface area contributed by atoms with Crippen molar-refractivity contribution in [3.05, 3.63) is 81.2 Å². The van der Waals surface area contributed by atoms with E-state index in [0.29, 0.717) is 28.0 Å². The van der Waals surface area contributed by atoms with E-state index in [-0.39, 0.29) is 5.56 Å². The molecule has 1 heterocycles. The van der Waals surface area contributed by atoms with E-state index in [1.807, 2.05) is 0 Å². The first-order chi connectivity index (χ1) is 11.9. The zero-order valence-corrected chi connectivity index (χ0v) is 14.8. The molecule has 4 nitrogen and oxygen atoms in total. The molecule has 25 heavy (non-hydrogen) atoms. The average Bonchev–Trinajstić information content (AvgIpc) is 2.99. The average molecular weight is 378 g/mol. The van der Waals surface area contributed by atoms with E-state index in [4.69, 9.17) is 23.2 Å². The molecule has 128 valence electrons. The highest BCUT2D eigenvalue weighted by Gasteiger charge is 2.14. The van der Waals surface area contributed by atoms with E-state index in [1.54, 1.807) is 48.1 Å². The van der Waals surface area contributed by atoms with Gasteiger partial charge in [-0.3, -0.25) is 4.79 Å². The van der Waals surface area contributed by atoms with Crippen LogP contribution in [0.25, 0.3) is 0 Å². The van der Waals surface area contributed by atoms with E-state index in [1.165, 1.54) is 12.1 Å². The molecular formula is C18H14Cl2FN3O. The highest BCUT2D eigenvalue weighted by molar-refractivity contribution is 6.35. The van der Waals surface area contributed by atoms with Crippen LogP contribution < -0.4 is 5.32 Å². The van der Waals surface area contributed by atoms with Crippen LogP contribution in [0.3, 0.4) is 0 Å². The Labute approximate surface area is 154 Å². The molecule has 0 aliphatic carbocycles. The largest absolute Gasteiger partial charge is 0.307 e. The molecule has 3 aromatic rings. The van der Waals surface area contributed by atoms with Crippen molar-refractivity contribution in [3.8, 4) is 0 Å². The maximum atomic E-state index is 13.4. The molecular weight excluding hydrogens is 364 g/mol. The third-order valence-corrected chi connectivity index (χ3v) is 4.32. The Balaban J connectivity index is 1.82. The number of anilines is 1. The van der Waals surface area contributed by atoms with Crippen molar-refractivity contribution >= 4 is 34.9 Å². The van der Waals surface area contributed by atoms with Gasteiger partial charge in [0, 0.05) is 21.7 Å². The Bertz CT molecular complexity index is 940. The van der Waals surface area contributed by atoms with Crippen LogP contribution in [0.15, 0.2) is 48.7 Å². The predicted molar refractivity (Wildman–Crippen MR) is 96.9 cm³/mol. The number of nitrogens with zero attached hydrogens (tertiary/aromatic N) is 2. The molecule has 3 rings (SSSR count). The molecule has 0 fully saturated rings. The number of hydrogen-bond donors (Lipinski definition) is 1. The second-order valence-corrected chi connectivity index (χ2v) is 6.37. The first-order valence-electron chi connectivity index (χ1n) is 7.47. The Morgan fingerprint density at radius 2 is 2.00 bits per heavy atom. The van der Waals surface area contributed by atoms with Crippen molar-refractivity contribution in [1.29, 1.82) is 0 Å². The summed E-state index contributed by atoms with van der Waals surface area (Å²) in [7, 11) is 0. The lowest BCUT2D eigenvalue weighted by atomic mass is 10.1. The molecule has 0 aliphatic rings. The van der Waals surface area contributed by atoms with Gasteiger partial charge in [-0.2, -0.15) is 5.10 Å². The Hall–Kier alpha value is -2.37. The van der Waals surface area contributed by atoms with Crippen LogP contribution in [0.2, 0.25) is 10.0 Å². The lowest BCUT2D eigenvalue weighted by molar-refractivity contribution is 0.102. The molecule has 0 saturated heterocycles. The lowest BCUT2D eigenvalue weighted by Gasteiger charge is -2.11. The number of amides is 1. The summed E-state index contributed by atoms with van der Waals surface area (Å²) in [5.74, 6) is -0.377. The maximum absolute atomic E-state index is 13.4. The van der Waals surface area contributed by atoms with Crippen LogP contribution >= 0.6 is 23.2 Å². The van der Waals surface area contributed by atoms with Gasteiger partial charge in [0.1, 0.15) is 11.6 Å². The molecule has 1 amide bonds. The van der Waals surface area contributed by atoms with E-state index in [9.17, 15) is 9.18 Å². The summed E-state index contributed by atoms with van der Waals surface area (Å²) in [6, 6.07) is 10.9. The van der Waals surface area contributed by atoms with Gasteiger partial charge in [0.05, 0.1) is 12.7 Å². The Kier molecular flexibility index (Phi) is 5.06. The van der Waals surface area contributed by atoms with Gasteiger partial charge < -0.3 is 5.32 Å². The minimum atomic E-state index is -0.461. The molecule has 1 N–H and O–H groups in total. The zero-order chi connectivity index (χ0) is 18.0. The Morgan fingerprint density at radius 3 is 2.76 bits per heavy atom. The summed E-state index contributed by atoms with van der Waals surface area (Å²) in [6.45, 7) is 2.11. The molecule has 0 aliphatic heterocycles. The molecule has 0 bridgehead atoms. The molecule has 2 aromatic carbocycles. The fraction of sp³-hybridized carbons (Fsp3) is 0.111. The van der Waals surface area contributed by atoms with Gasteiger partial charge in [0.25, 0.3) is 5.91 Å². The van der Waals surface area contributed by atoms with Crippen LogP contribution in [0.5, 0.6) is 0 Å². The number of benzene rings is 2. The number of hydrogen-bond acceptors (Lipinski definition) is 2. The fourth-order valence-corrected chi connectivity index (χ4v) is 2.87. The zero-order valence-electron chi connectivity index (χ0n) is 13.3. The van der Waals surface area contributed by atoms with Gasteiger partial charge in [-0.25, -0.2) is 9.07 Å². The van der Waals surface area contributed by atoms with Gasteiger partial charge in [-0.05, 0) is 42.3 Å². The number of rotatable bonds is 4. The Morgan fingerprint density at radius 1 is 1.20 bits per heavy atom. The first-order valence-corrected chi connectivity index (χ1v) is 8.23. The van der Waals surface area contributed by atoms with Crippen molar-refractivity contribution in [2.75, 3.05) is 5.32 Å².